The largest absolute Gasteiger partial charge is 0.347 e. The van der Waals surface area contributed by atoms with E-state index in [2.05, 4.69) is 5.32 Å². The molecule has 1 heterocycles. The van der Waals surface area contributed by atoms with Gasteiger partial charge in [0.15, 0.2) is 0 Å². The smallest absolute Gasteiger partial charge is 0.268 e. The second kappa shape index (κ2) is 4.98. The van der Waals surface area contributed by atoms with Gasteiger partial charge in [-0.15, -0.1) is 0 Å². The summed E-state index contributed by atoms with van der Waals surface area (Å²) in [6.07, 6.45) is 1.91. The fourth-order valence-corrected chi connectivity index (χ4v) is 1.39. The van der Waals surface area contributed by atoms with Crippen LogP contribution >= 0.6 is 0 Å². The molecule has 0 saturated carbocycles. The Bertz CT molecular complexity index is 330. The number of nitrogens with zero attached hydrogens (tertiary/aromatic N) is 1. The molecule has 0 aliphatic carbocycles. The van der Waals surface area contributed by atoms with Crippen molar-refractivity contribution in [3.63, 3.8) is 0 Å². The molecule has 0 bridgehead atoms. The fraction of sp³-hybridized carbons (Fsp3) is 0.545. The Morgan fingerprint density at radius 1 is 1.53 bits per heavy atom. The highest BCUT2D eigenvalue weighted by Gasteiger charge is 2.13. The zero-order chi connectivity index (χ0) is 11.4. The molecular formula is C11H19N3O. The van der Waals surface area contributed by atoms with E-state index in [4.69, 9.17) is 5.73 Å². The zero-order valence-electron chi connectivity index (χ0n) is 9.53. The van der Waals surface area contributed by atoms with Crippen molar-refractivity contribution >= 4 is 5.91 Å². The van der Waals surface area contributed by atoms with E-state index in [0.29, 0.717) is 12.2 Å². The van der Waals surface area contributed by atoms with Crippen LogP contribution in [0.5, 0.6) is 0 Å². The summed E-state index contributed by atoms with van der Waals surface area (Å²) < 4.78 is 1.94. The van der Waals surface area contributed by atoms with E-state index in [9.17, 15) is 4.79 Å². The third-order valence-corrected chi connectivity index (χ3v) is 2.30. The van der Waals surface area contributed by atoms with Gasteiger partial charge >= 0.3 is 0 Å². The van der Waals surface area contributed by atoms with Crippen LogP contribution in [0.25, 0.3) is 0 Å². The summed E-state index contributed by atoms with van der Waals surface area (Å²) >= 11 is 0. The summed E-state index contributed by atoms with van der Waals surface area (Å²) in [5, 5.41) is 2.84. The average molecular weight is 209 g/mol. The van der Waals surface area contributed by atoms with Gasteiger partial charge in [-0.05, 0) is 32.9 Å². The van der Waals surface area contributed by atoms with Gasteiger partial charge in [-0.1, -0.05) is 0 Å². The molecule has 1 aromatic heterocycles. The first-order chi connectivity index (χ1) is 7.06. The van der Waals surface area contributed by atoms with E-state index in [1.165, 1.54) is 0 Å². The molecule has 0 aromatic carbocycles. The maximum absolute atomic E-state index is 11.8. The van der Waals surface area contributed by atoms with Gasteiger partial charge in [-0.25, -0.2) is 0 Å². The number of hydrogen-bond donors (Lipinski definition) is 2. The van der Waals surface area contributed by atoms with Gasteiger partial charge in [0.1, 0.15) is 5.69 Å². The second-order valence-corrected chi connectivity index (χ2v) is 4.00. The van der Waals surface area contributed by atoms with Crippen LogP contribution in [0.2, 0.25) is 0 Å². The van der Waals surface area contributed by atoms with Crippen LogP contribution in [0.4, 0.5) is 0 Å². The monoisotopic (exact) mass is 209 g/mol. The van der Waals surface area contributed by atoms with Gasteiger partial charge in [-0.2, -0.15) is 0 Å². The first kappa shape index (κ1) is 11.8. The van der Waals surface area contributed by atoms with Crippen molar-refractivity contribution in [2.75, 3.05) is 6.54 Å². The molecule has 1 amide bonds. The molecule has 84 valence electrons. The predicted molar refractivity (Wildman–Crippen MR) is 60.8 cm³/mol. The SMILES string of the molecule is CC(C)n1cccc1C(=O)N[C@H](C)CN. The van der Waals surface area contributed by atoms with Crippen molar-refractivity contribution in [2.45, 2.75) is 32.9 Å². The molecule has 0 aliphatic rings. The number of carbonyl (C=O) groups is 1. The van der Waals surface area contributed by atoms with Gasteiger partial charge in [-0.3, -0.25) is 4.79 Å². The minimum absolute atomic E-state index is 0.00742. The molecule has 0 unspecified atom stereocenters. The van der Waals surface area contributed by atoms with Crippen molar-refractivity contribution in [3.05, 3.63) is 24.0 Å². The molecule has 1 aromatic rings. The van der Waals surface area contributed by atoms with E-state index in [1.54, 1.807) is 0 Å². The second-order valence-electron chi connectivity index (χ2n) is 4.00. The molecule has 0 fully saturated rings. The number of nitrogens with one attached hydrogen (secondary N) is 1. The summed E-state index contributed by atoms with van der Waals surface area (Å²) in [7, 11) is 0. The Balaban J connectivity index is 2.77. The Morgan fingerprint density at radius 3 is 2.73 bits per heavy atom. The lowest BCUT2D eigenvalue weighted by molar-refractivity contribution is 0.0930. The van der Waals surface area contributed by atoms with E-state index >= 15 is 0 Å². The van der Waals surface area contributed by atoms with Gasteiger partial charge < -0.3 is 15.6 Å². The first-order valence-corrected chi connectivity index (χ1v) is 5.24. The van der Waals surface area contributed by atoms with Gasteiger partial charge in [0.05, 0.1) is 0 Å². The molecule has 15 heavy (non-hydrogen) atoms. The predicted octanol–water partition coefficient (Wildman–Crippen LogP) is 1.15. The highest BCUT2D eigenvalue weighted by Crippen LogP contribution is 2.10. The molecular weight excluding hydrogens is 190 g/mol. The molecule has 0 radical (unpaired) electrons. The van der Waals surface area contributed by atoms with Crippen LogP contribution in [0.1, 0.15) is 37.3 Å². The fourth-order valence-electron chi connectivity index (χ4n) is 1.39. The van der Waals surface area contributed by atoms with Crippen LogP contribution in [0.3, 0.4) is 0 Å². The minimum Gasteiger partial charge on any atom is -0.347 e. The highest BCUT2D eigenvalue weighted by molar-refractivity contribution is 5.93. The summed E-state index contributed by atoms with van der Waals surface area (Å²) in [5.74, 6) is -0.0633. The summed E-state index contributed by atoms with van der Waals surface area (Å²) in [4.78, 5) is 11.8. The Labute approximate surface area is 90.5 Å². The van der Waals surface area contributed by atoms with Gasteiger partial charge in [0.2, 0.25) is 0 Å². The van der Waals surface area contributed by atoms with Crippen LogP contribution < -0.4 is 11.1 Å². The molecule has 4 nitrogen and oxygen atoms in total. The summed E-state index contributed by atoms with van der Waals surface area (Å²) in [5.41, 5.74) is 6.14. The minimum atomic E-state index is -0.0633. The third kappa shape index (κ3) is 2.83. The maximum Gasteiger partial charge on any atom is 0.268 e. The number of hydrogen-bond acceptors (Lipinski definition) is 2. The number of nitrogens with two attached hydrogens (primary N) is 1. The molecule has 1 atom stereocenters. The molecule has 4 heteroatoms. The Kier molecular flexibility index (Phi) is 3.91. The van der Waals surface area contributed by atoms with Crippen LogP contribution in [0.15, 0.2) is 18.3 Å². The maximum atomic E-state index is 11.8. The van der Waals surface area contributed by atoms with Crippen LogP contribution in [0, 0.1) is 0 Å². The van der Waals surface area contributed by atoms with E-state index in [1.807, 2.05) is 43.7 Å². The topological polar surface area (TPSA) is 60.0 Å². The molecule has 0 spiro atoms. The van der Waals surface area contributed by atoms with Gasteiger partial charge in [0, 0.05) is 24.8 Å². The standard InChI is InChI=1S/C11H19N3O/c1-8(2)14-6-4-5-10(14)11(15)13-9(3)7-12/h4-6,8-9H,7,12H2,1-3H3,(H,13,15)/t9-/m1/s1. The molecule has 3 N–H and O–H groups in total. The van der Waals surface area contributed by atoms with E-state index in [-0.39, 0.29) is 18.0 Å². The first-order valence-electron chi connectivity index (χ1n) is 5.24. The normalized spacial score (nSPS) is 12.9. The lowest BCUT2D eigenvalue weighted by atomic mass is 10.3. The van der Waals surface area contributed by atoms with Crippen molar-refractivity contribution in [3.8, 4) is 0 Å². The number of amides is 1. The Morgan fingerprint density at radius 2 is 2.20 bits per heavy atom. The zero-order valence-corrected chi connectivity index (χ0v) is 9.53. The number of aromatic nitrogens is 1. The summed E-state index contributed by atoms with van der Waals surface area (Å²) in [6.45, 7) is 6.43. The van der Waals surface area contributed by atoms with Crippen molar-refractivity contribution in [2.24, 2.45) is 5.73 Å². The average Bonchev–Trinajstić information content (AvgIpc) is 2.65. The number of carbonyl (C=O) groups excluding carboxylic acids is 1. The lowest BCUT2D eigenvalue weighted by Gasteiger charge is -2.15. The third-order valence-electron chi connectivity index (χ3n) is 2.30. The highest BCUT2D eigenvalue weighted by atomic mass is 16.2. The number of rotatable bonds is 4. The Hall–Kier alpha value is -1.29. The van der Waals surface area contributed by atoms with Crippen molar-refractivity contribution in [1.29, 1.82) is 0 Å². The van der Waals surface area contributed by atoms with Gasteiger partial charge in [0.25, 0.3) is 5.91 Å². The molecule has 0 aliphatic heterocycles. The van der Waals surface area contributed by atoms with E-state index in [0.717, 1.165) is 0 Å². The van der Waals surface area contributed by atoms with Crippen molar-refractivity contribution in [1.82, 2.24) is 9.88 Å². The van der Waals surface area contributed by atoms with Crippen LogP contribution in [-0.4, -0.2) is 23.1 Å². The quantitative estimate of drug-likeness (QED) is 0.781. The summed E-state index contributed by atoms with van der Waals surface area (Å²) in [6, 6.07) is 3.99. The lowest BCUT2D eigenvalue weighted by Crippen LogP contribution is -2.38. The van der Waals surface area contributed by atoms with Crippen molar-refractivity contribution < 1.29 is 4.79 Å². The molecule has 1 rings (SSSR count). The molecule has 0 saturated heterocycles. The van der Waals surface area contributed by atoms with Crippen LogP contribution in [-0.2, 0) is 0 Å². The van der Waals surface area contributed by atoms with E-state index < -0.39 is 0 Å².